The number of carbonyl (C=O) groups excluding carboxylic acids is 1. The van der Waals surface area contributed by atoms with Gasteiger partial charge in [-0.05, 0) is 37.5 Å². The minimum atomic E-state index is -0.373. The van der Waals surface area contributed by atoms with Crippen molar-refractivity contribution in [2.45, 2.75) is 32.6 Å². The van der Waals surface area contributed by atoms with Gasteiger partial charge in [0.25, 0.3) is 0 Å². The maximum absolute atomic E-state index is 13.6. The summed E-state index contributed by atoms with van der Waals surface area (Å²) in [6.07, 6.45) is 3.54. The monoisotopic (exact) mass is 250 g/mol. The lowest BCUT2D eigenvalue weighted by atomic mass is 10.2. The van der Waals surface area contributed by atoms with Gasteiger partial charge < -0.3 is 10.2 Å². The Hall–Kier alpha value is -1.58. The Balaban J connectivity index is 2.13. The standard InChI is InChI=1S/C14H19FN2O/c1-2-5-14(18)16-13-10-11(6-7-12(13)15)17-8-3-4-9-17/h6-7,10H,2-5,8-9H2,1H3,(H,16,18). The molecule has 1 N–H and O–H groups in total. The van der Waals surface area contributed by atoms with E-state index in [4.69, 9.17) is 0 Å². The lowest BCUT2D eigenvalue weighted by Crippen LogP contribution is -2.18. The predicted molar refractivity (Wildman–Crippen MR) is 71.4 cm³/mol. The van der Waals surface area contributed by atoms with Crippen LogP contribution in [0.5, 0.6) is 0 Å². The molecule has 0 atom stereocenters. The molecule has 1 aliphatic rings. The van der Waals surface area contributed by atoms with Crippen molar-refractivity contribution in [1.29, 1.82) is 0 Å². The molecule has 0 aliphatic carbocycles. The highest BCUT2D eigenvalue weighted by Crippen LogP contribution is 2.25. The summed E-state index contributed by atoms with van der Waals surface area (Å²) in [5.74, 6) is -0.502. The second kappa shape index (κ2) is 5.85. The summed E-state index contributed by atoms with van der Waals surface area (Å²) in [6, 6.07) is 4.93. The van der Waals surface area contributed by atoms with Gasteiger partial charge >= 0.3 is 0 Å². The van der Waals surface area contributed by atoms with E-state index >= 15 is 0 Å². The van der Waals surface area contributed by atoms with Gasteiger partial charge in [0.05, 0.1) is 5.69 Å². The molecule has 98 valence electrons. The SMILES string of the molecule is CCCC(=O)Nc1cc(N2CCCC2)ccc1F. The maximum atomic E-state index is 13.6. The summed E-state index contributed by atoms with van der Waals surface area (Å²) in [6.45, 7) is 3.94. The first-order chi connectivity index (χ1) is 8.70. The molecule has 1 fully saturated rings. The summed E-state index contributed by atoms with van der Waals surface area (Å²) in [4.78, 5) is 13.7. The average Bonchev–Trinajstić information content (AvgIpc) is 2.86. The van der Waals surface area contributed by atoms with Crippen LogP contribution < -0.4 is 10.2 Å². The van der Waals surface area contributed by atoms with Crippen molar-refractivity contribution in [3.05, 3.63) is 24.0 Å². The van der Waals surface area contributed by atoms with Crippen LogP contribution in [0.4, 0.5) is 15.8 Å². The van der Waals surface area contributed by atoms with Crippen LogP contribution in [0.3, 0.4) is 0 Å². The van der Waals surface area contributed by atoms with Crippen molar-refractivity contribution in [2.75, 3.05) is 23.3 Å². The van der Waals surface area contributed by atoms with E-state index in [1.807, 2.05) is 6.92 Å². The fourth-order valence-electron chi connectivity index (χ4n) is 2.22. The van der Waals surface area contributed by atoms with E-state index in [9.17, 15) is 9.18 Å². The molecular weight excluding hydrogens is 231 g/mol. The van der Waals surface area contributed by atoms with Crippen LogP contribution in [0.15, 0.2) is 18.2 Å². The van der Waals surface area contributed by atoms with Gasteiger partial charge in [-0.3, -0.25) is 4.79 Å². The van der Waals surface area contributed by atoms with Gasteiger partial charge in [0.2, 0.25) is 5.91 Å². The molecule has 1 aromatic carbocycles. The van der Waals surface area contributed by atoms with Crippen LogP contribution >= 0.6 is 0 Å². The molecule has 1 amide bonds. The highest BCUT2D eigenvalue weighted by molar-refractivity contribution is 5.91. The number of hydrogen-bond acceptors (Lipinski definition) is 2. The lowest BCUT2D eigenvalue weighted by Gasteiger charge is -2.18. The van der Waals surface area contributed by atoms with E-state index in [0.29, 0.717) is 6.42 Å². The molecule has 2 rings (SSSR count). The summed E-state index contributed by atoms with van der Waals surface area (Å²) >= 11 is 0. The zero-order valence-electron chi connectivity index (χ0n) is 10.7. The number of hydrogen-bond donors (Lipinski definition) is 1. The van der Waals surface area contributed by atoms with Crippen molar-refractivity contribution in [3.63, 3.8) is 0 Å². The molecule has 0 unspecified atom stereocenters. The molecule has 0 saturated carbocycles. The van der Waals surface area contributed by atoms with E-state index in [1.165, 1.54) is 18.9 Å². The molecule has 4 heteroatoms. The minimum Gasteiger partial charge on any atom is -0.371 e. The second-order valence-electron chi connectivity index (χ2n) is 4.66. The molecule has 3 nitrogen and oxygen atoms in total. The number of halogens is 1. The number of rotatable bonds is 4. The Morgan fingerprint density at radius 1 is 1.39 bits per heavy atom. The van der Waals surface area contributed by atoms with Crippen molar-refractivity contribution >= 4 is 17.3 Å². The van der Waals surface area contributed by atoms with Gasteiger partial charge in [-0.2, -0.15) is 0 Å². The van der Waals surface area contributed by atoms with E-state index < -0.39 is 0 Å². The topological polar surface area (TPSA) is 32.3 Å². The van der Waals surface area contributed by atoms with Gasteiger partial charge in [-0.25, -0.2) is 4.39 Å². The van der Waals surface area contributed by atoms with Crippen LogP contribution in [0.25, 0.3) is 0 Å². The quantitative estimate of drug-likeness (QED) is 0.890. The van der Waals surface area contributed by atoms with Gasteiger partial charge in [0.15, 0.2) is 0 Å². The number of carbonyl (C=O) groups is 1. The van der Waals surface area contributed by atoms with Crippen molar-refractivity contribution in [1.82, 2.24) is 0 Å². The Bertz CT molecular complexity index is 428. The predicted octanol–water partition coefficient (Wildman–Crippen LogP) is 3.16. The van der Waals surface area contributed by atoms with E-state index in [0.717, 1.165) is 25.2 Å². The molecule has 0 spiro atoms. The van der Waals surface area contributed by atoms with Crippen molar-refractivity contribution < 1.29 is 9.18 Å². The molecule has 0 aromatic heterocycles. The number of anilines is 2. The molecule has 1 saturated heterocycles. The van der Waals surface area contributed by atoms with E-state index in [-0.39, 0.29) is 17.4 Å². The summed E-state index contributed by atoms with van der Waals surface area (Å²) in [5.41, 5.74) is 1.28. The summed E-state index contributed by atoms with van der Waals surface area (Å²) in [7, 11) is 0. The van der Waals surface area contributed by atoms with Gasteiger partial charge in [-0.1, -0.05) is 6.92 Å². The molecule has 18 heavy (non-hydrogen) atoms. The van der Waals surface area contributed by atoms with Crippen LogP contribution in [-0.2, 0) is 4.79 Å². The number of benzene rings is 1. The largest absolute Gasteiger partial charge is 0.371 e. The molecule has 1 heterocycles. The third-order valence-electron chi connectivity index (χ3n) is 3.17. The van der Waals surface area contributed by atoms with Gasteiger partial charge in [-0.15, -0.1) is 0 Å². The first-order valence-corrected chi connectivity index (χ1v) is 6.55. The first kappa shape index (κ1) is 12.9. The lowest BCUT2D eigenvalue weighted by molar-refractivity contribution is -0.116. The number of nitrogens with one attached hydrogen (secondary N) is 1. The highest BCUT2D eigenvalue weighted by Gasteiger charge is 2.14. The molecule has 1 aromatic rings. The van der Waals surface area contributed by atoms with Crippen molar-refractivity contribution in [2.24, 2.45) is 0 Å². The Morgan fingerprint density at radius 3 is 2.78 bits per heavy atom. The first-order valence-electron chi connectivity index (χ1n) is 6.55. The molecule has 0 radical (unpaired) electrons. The Morgan fingerprint density at radius 2 is 2.11 bits per heavy atom. The number of amides is 1. The normalized spacial score (nSPS) is 14.9. The second-order valence-corrected chi connectivity index (χ2v) is 4.66. The number of nitrogens with zero attached hydrogens (tertiary/aromatic N) is 1. The zero-order valence-corrected chi connectivity index (χ0v) is 10.7. The van der Waals surface area contributed by atoms with E-state index in [2.05, 4.69) is 10.2 Å². The minimum absolute atomic E-state index is 0.130. The fourth-order valence-corrected chi connectivity index (χ4v) is 2.22. The van der Waals surface area contributed by atoms with Gasteiger partial charge in [0, 0.05) is 25.2 Å². The highest BCUT2D eigenvalue weighted by atomic mass is 19.1. The van der Waals surface area contributed by atoms with Crippen LogP contribution in [-0.4, -0.2) is 19.0 Å². The molecule has 0 bridgehead atoms. The van der Waals surface area contributed by atoms with Gasteiger partial charge in [0.1, 0.15) is 5.82 Å². The summed E-state index contributed by atoms with van der Waals surface area (Å²) < 4.78 is 13.6. The fraction of sp³-hybridized carbons (Fsp3) is 0.500. The average molecular weight is 250 g/mol. The van der Waals surface area contributed by atoms with Crippen LogP contribution in [0.2, 0.25) is 0 Å². The molecular formula is C14H19FN2O. The third kappa shape index (κ3) is 3.00. The van der Waals surface area contributed by atoms with Crippen LogP contribution in [0.1, 0.15) is 32.6 Å². The zero-order chi connectivity index (χ0) is 13.0. The summed E-state index contributed by atoms with van der Waals surface area (Å²) in [5, 5.41) is 2.63. The third-order valence-corrected chi connectivity index (χ3v) is 3.17. The van der Waals surface area contributed by atoms with Crippen molar-refractivity contribution in [3.8, 4) is 0 Å². The Labute approximate surface area is 107 Å². The maximum Gasteiger partial charge on any atom is 0.224 e. The smallest absolute Gasteiger partial charge is 0.224 e. The molecule has 1 aliphatic heterocycles. The Kier molecular flexibility index (Phi) is 4.18. The van der Waals surface area contributed by atoms with E-state index in [1.54, 1.807) is 12.1 Å². The van der Waals surface area contributed by atoms with Crippen LogP contribution in [0, 0.1) is 5.82 Å².